The van der Waals surface area contributed by atoms with Gasteiger partial charge in [-0.2, -0.15) is 0 Å². The van der Waals surface area contributed by atoms with Crippen LogP contribution in [0.5, 0.6) is 0 Å². The van der Waals surface area contributed by atoms with Crippen LogP contribution in [-0.2, 0) is 0 Å². The molecule has 0 aliphatic heterocycles. The molecule has 2 aromatic carbocycles. The van der Waals surface area contributed by atoms with E-state index in [-0.39, 0.29) is 5.48 Å². The van der Waals surface area contributed by atoms with Crippen molar-refractivity contribution in [3.05, 3.63) is 97.6 Å². The predicted molar refractivity (Wildman–Crippen MR) is 118 cm³/mol. The predicted octanol–water partition coefficient (Wildman–Crippen LogP) is 4.74. The van der Waals surface area contributed by atoms with Gasteiger partial charge in [-0.25, -0.2) is 0 Å². The summed E-state index contributed by atoms with van der Waals surface area (Å²) in [5, 5.41) is 4.55. The van der Waals surface area contributed by atoms with Crippen LogP contribution in [0, 0.1) is 0 Å². The molecule has 0 aliphatic rings. The smallest absolute Gasteiger partial charge is 0.0964 e. The van der Waals surface area contributed by atoms with Gasteiger partial charge in [0.05, 0.1) is 22.1 Å². The Morgan fingerprint density at radius 1 is 0.345 bits per heavy atom. The molecule has 0 fully saturated rings. The molecule has 6 rings (SSSR count). The lowest BCUT2D eigenvalue weighted by molar-refractivity contribution is 0.824. The van der Waals surface area contributed by atoms with E-state index in [0.29, 0.717) is 0 Å². The second-order valence-electron chi connectivity index (χ2n) is 6.43. The summed E-state index contributed by atoms with van der Waals surface area (Å²) in [4.78, 5) is 17.4. The van der Waals surface area contributed by atoms with Crippen molar-refractivity contribution in [3.63, 3.8) is 0 Å². The molecule has 140 valence electrons. The van der Waals surface area contributed by atoms with E-state index in [0.717, 1.165) is 43.6 Å². The zero-order chi connectivity index (χ0) is 18.8. The van der Waals surface area contributed by atoms with Crippen LogP contribution in [0.2, 0.25) is 0 Å². The molecule has 0 saturated carbocycles. The van der Waals surface area contributed by atoms with Crippen molar-refractivity contribution in [1.29, 1.82) is 0 Å². The fourth-order valence-corrected chi connectivity index (χ4v) is 3.36. The van der Waals surface area contributed by atoms with Gasteiger partial charge in [-0.05, 0) is 24.3 Å². The molecule has 2 N–H and O–H groups in total. The number of hydrogen-bond donors (Lipinski definition) is 0. The third-order valence-electron chi connectivity index (χ3n) is 4.69. The molecule has 29 heavy (non-hydrogen) atoms. The van der Waals surface area contributed by atoms with Gasteiger partial charge in [0.15, 0.2) is 0 Å². The van der Waals surface area contributed by atoms with Crippen LogP contribution in [0.15, 0.2) is 97.6 Å². The standard InChI is InChI=1S/2C12H8N2.H2O/c2*1-3-9-5-6-10-4-2-8-14-12(10)11(9)13-7-1;/h2*1-8H;1H2. The summed E-state index contributed by atoms with van der Waals surface area (Å²) < 4.78 is 0. The van der Waals surface area contributed by atoms with Gasteiger partial charge < -0.3 is 5.48 Å². The van der Waals surface area contributed by atoms with Gasteiger partial charge in [-0.3, -0.25) is 19.9 Å². The van der Waals surface area contributed by atoms with Crippen LogP contribution >= 0.6 is 0 Å². The molecule has 0 spiro atoms. The normalized spacial score (nSPS) is 10.5. The van der Waals surface area contributed by atoms with Crippen molar-refractivity contribution < 1.29 is 5.48 Å². The molecule has 0 atom stereocenters. The summed E-state index contributed by atoms with van der Waals surface area (Å²) in [6.07, 6.45) is 7.21. The first-order chi connectivity index (χ1) is 13.9. The van der Waals surface area contributed by atoms with E-state index in [1.807, 2.05) is 24.3 Å². The number of aromatic nitrogens is 4. The Kier molecular flexibility index (Phi) is 5.05. The van der Waals surface area contributed by atoms with Crippen molar-refractivity contribution in [3.8, 4) is 0 Å². The maximum absolute atomic E-state index is 4.35. The average molecular weight is 378 g/mol. The Hall–Kier alpha value is -3.96. The van der Waals surface area contributed by atoms with Crippen molar-refractivity contribution in [1.82, 2.24) is 19.9 Å². The molecule has 5 heteroatoms. The number of benzene rings is 2. The quantitative estimate of drug-likeness (QED) is 0.357. The van der Waals surface area contributed by atoms with Crippen molar-refractivity contribution in [2.75, 3.05) is 0 Å². The van der Waals surface area contributed by atoms with E-state index < -0.39 is 0 Å². The molecule has 4 heterocycles. The molecule has 4 aromatic heterocycles. The number of rotatable bonds is 0. The SMILES string of the molecule is O.c1cnc2c(c1)ccc1cccnc12.c1cnc2c(c1)ccc1cccnc12. The summed E-state index contributed by atoms with van der Waals surface area (Å²) in [6.45, 7) is 0. The highest BCUT2D eigenvalue weighted by molar-refractivity contribution is 6.03. The van der Waals surface area contributed by atoms with Crippen LogP contribution in [0.3, 0.4) is 0 Å². The van der Waals surface area contributed by atoms with Crippen LogP contribution in [0.25, 0.3) is 43.6 Å². The molecule has 5 nitrogen and oxygen atoms in total. The highest BCUT2D eigenvalue weighted by atomic mass is 16.0. The number of nitrogens with zero attached hydrogens (tertiary/aromatic N) is 4. The lowest BCUT2D eigenvalue weighted by atomic mass is 10.1. The second-order valence-corrected chi connectivity index (χ2v) is 6.43. The first kappa shape index (κ1) is 18.4. The molecular formula is C24H18N4O. The largest absolute Gasteiger partial charge is 0.412 e. The van der Waals surface area contributed by atoms with Crippen molar-refractivity contribution >= 4 is 43.6 Å². The van der Waals surface area contributed by atoms with Gasteiger partial charge in [0.2, 0.25) is 0 Å². The lowest BCUT2D eigenvalue weighted by Crippen LogP contribution is -1.83. The zero-order valence-electron chi connectivity index (χ0n) is 15.5. The average Bonchev–Trinajstić information content (AvgIpc) is 2.79. The Bertz CT molecular complexity index is 1210. The Morgan fingerprint density at radius 2 is 0.586 bits per heavy atom. The van der Waals surface area contributed by atoms with Crippen LogP contribution < -0.4 is 0 Å². The molecular weight excluding hydrogens is 360 g/mol. The Morgan fingerprint density at radius 3 is 0.828 bits per heavy atom. The Labute approximate surface area is 167 Å². The third-order valence-corrected chi connectivity index (χ3v) is 4.69. The van der Waals surface area contributed by atoms with Gasteiger partial charge in [-0.15, -0.1) is 0 Å². The van der Waals surface area contributed by atoms with Gasteiger partial charge in [0.25, 0.3) is 0 Å². The monoisotopic (exact) mass is 378 g/mol. The highest BCUT2D eigenvalue weighted by Gasteiger charge is 2.01. The molecule has 0 amide bonds. The first-order valence-electron chi connectivity index (χ1n) is 9.07. The number of hydrogen-bond acceptors (Lipinski definition) is 4. The maximum Gasteiger partial charge on any atom is 0.0964 e. The van der Waals surface area contributed by atoms with Gasteiger partial charge >= 0.3 is 0 Å². The Balaban J connectivity index is 0.000000137. The number of pyridine rings is 4. The maximum atomic E-state index is 4.35. The van der Waals surface area contributed by atoms with Gasteiger partial charge in [-0.1, -0.05) is 48.5 Å². The van der Waals surface area contributed by atoms with E-state index in [2.05, 4.69) is 68.5 Å². The topological polar surface area (TPSA) is 83.1 Å². The fourth-order valence-electron chi connectivity index (χ4n) is 3.36. The van der Waals surface area contributed by atoms with E-state index in [4.69, 9.17) is 0 Å². The zero-order valence-corrected chi connectivity index (χ0v) is 15.5. The first-order valence-corrected chi connectivity index (χ1v) is 9.07. The summed E-state index contributed by atoms with van der Waals surface area (Å²) in [5.74, 6) is 0. The molecule has 0 bridgehead atoms. The van der Waals surface area contributed by atoms with Gasteiger partial charge in [0, 0.05) is 46.3 Å². The fraction of sp³-hybridized carbons (Fsp3) is 0. The van der Waals surface area contributed by atoms with Crippen LogP contribution in [0.4, 0.5) is 0 Å². The summed E-state index contributed by atoms with van der Waals surface area (Å²) in [5.41, 5.74) is 3.91. The second kappa shape index (κ2) is 7.96. The van der Waals surface area contributed by atoms with Crippen molar-refractivity contribution in [2.45, 2.75) is 0 Å². The van der Waals surface area contributed by atoms with Crippen molar-refractivity contribution in [2.24, 2.45) is 0 Å². The molecule has 0 unspecified atom stereocenters. The van der Waals surface area contributed by atoms with E-state index in [9.17, 15) is 0 Å². The summed E-state index contributed by atoms with van der Waals surface area (Å²) >= 11 is 0. The van der Waals surface area contributed by atoms with E-state index in [1.54, 1.807) is 24.8 Å². The highest BCUT2D eigenvalue weighted by Crippen LogP contribution is 2.21. The summed E-state index contributed by atoms with van der Waals surface area (Å²) in [6, 6.07) is 24.3. The number of fused-ring (bicyclic) bond motifs is 6. The molecule has 0 radical (unpaired) electrons. The third kappa shape index (κ3) is 3.47. The lowest BCUT2D eigenvalue weighted by Gasteiger charge is -2.00. The summed E-state index contributed by atoms with van der Waals surface area (Å²) in [7, 11) is 0. The molecule has 0 aliphatic carbocycles. The van der Waals surface area contributed by atoms with Crippen LogP contribution in [0.1, 0.15) is 0 Å². The van der Waals surface area contributed by atoms with Crippen LogP contribution in [-0.4, -0.2) is 25.4 Å². The minimum atomic E-state index is 0. The minimum Gasteiger partial charge on any atom is -0.412 e. The van der Waals surface area contributed by atoms with E-state index in [1.165, 1.54) is 0 Å². The van der Waals surface area contributed by atoms with E-state index >= 15 is 0 Å². The van der Waals surface area contributed by atoms with Gasteiger partial charge in [0.1, 0.15) is 0 Å². The molecule has 6 aromatic rings. The minimum absolute atomic E-state index is 0. The molecule has 0 saturated heterocycles.